The van der Waals surface area contributed by atoms with Gasteiger partial charge in [-0.15, -0.1) is 16.7 Å². The molecule has 0 fully saturated rings. The number of fused-ring (bicyclic) bond motifs is 6. The molecule has 43 heavy (non-hydrogen) atoms. The minimum absolute atomic E-state index is 0. The van der Waals surface area contributed by atoms with Gasteiger partial charge >= 0.3 is 20.1 Å². The van der Waals surface area contributed by atoms with E-state index in [0.29, 0.717) is 0 Å². The van der Waals surface area contributed by atoms with E-state index in [1.165, 1.54) is 36.4 Å². The van der Waals surface area contributed by atoms with Crippen LogP contribution in [0.25, 0.3) is 0 Å². The predicted octanol–water partition coefficient (Wildman–Crippen LogP) is 7.37. The zero-order valence-electron chi connectivity index (χ0n) is 22.4. The van der Waals surface area contributed by atoms with Crippen LogP contribution in [0.1, 0.15) is 50.9 Å². The second-order valence-corrected chi connectivity index (χ2v) is 10.0. The molecular weight excluding hydrogens is 724 g/mol. The van der Waals surface area contributed by atoms with Gasteiger partial charge < -0.3 is 0 Å². The summed E-state index contributed by atoms with van der Waals surface area (Å²) in [5.74, 6) is 0. The molecule has 3 nitrogen and oxygen atoms in total. The number of aromatic nitrogens is 3. The van der Waals surface area contributed by atoms with Crippen molar-refractivity contribution >= 4 is 0 Å². The van der Waals surface area contributed by atoms with Crippen LogP contribution in [-0.2, 0) is 37.1 Å². The molecule has 0 atom stereocenters. The number of alkyl halides is 3. The third kappa shape index (κ3) is 4.43. The van der Waals surface area contributed by atoms with Crippen molar-refractivity contribution in [3.05, 3.63) is 196 Å². The van der Waals surface area contributed by atoms with Crippen molar-refractivity contribution in [1.29, 1.82) is 0 Å². The van der Waals surface area contributed by atoms with Crippen molar-refractivity contribution in [2.24, 2.45) is 0 Å². The molecule has 1 aliphatic heterocycles. The molecule has 0 aliphatic carbocycles. The normalized spacial score (nSPS) is 22.4. The zero-order valence-corrected chi connectivity index (χ0v) is 24.8. The molecule has 0 saturated carbocycles. The summed E-state index contributed by atoms with van der Waals surface area (Å²) in [4.78, 5) is 13.8. The van der Waals surface area contributed by atoms with Crippen molar-refractivity contribution in [2.45, 2.75) is 17.0 Å². The molecule has 0 N–H and O–H groups in total. The van der Waals surface area contributed by atoms with Gasteiger partial charge in [-0.3, -0.25) is 0 Å². The van der Waals surface area contributed by atoms with E-state index in [0.717, 1.165) is 0 Å². The Kier molecular flexibility index (Phi) is 7.33. The number of rotatable bonds is 3. The summed E-state index contributed by atoms with van der Waals surface area (Å²) in [5, 5.41) is 0. The van der Waals surface area contributed by atoms with Crippen LogP contribution in [0, 0.1) is 18.2 Å². The molecule has 0 radical (unpaired) electrons. The van der Waals surface area contributed by atoms with E-state index in [2.05, 4.69) is 33.2 Å². The third-order valence-electron chi connectivity index (χ3n) is 7.61. The Hall–Kier alpha value is -4.45. The first-order valence-corrected chi connectivity index (χ1v) is 13.4. The second kappa shape index (κ2) is 11.0. The van der Waals surface area contributed by atoms with Gasteiger partial charge in [0.2, 0.25) is 0 Å². The zero-order chi connectivity index (χ0) is 28.8. The maximum atomic E-state index is 17.9. The van der Waals surface area contributed by atoms with Gasteiger partial charge in [-0.05, 0) is 36.4 Å². The summed E-state index contributed by atoms with van der Waals surface area (Å²) in [6.45, 7) is 0. The number of hydrogen-bond acceptors (Lipinski definition) is 3. The van der Waals surface area contributed by atoms with Crippen LogP contribution in [0.5, 0.6) is 0 Å². The molecular formula is C36H21F3IrN3. The molecule has 6 aromatic rings. The van der Waals surface area contributed by atoms with Crippen LogP contribution >= 0.6 is 0 Å². The van der Waals surface area contributed by atoms with Crippen LogP contribution < -0.4 is 0 Å². The van der Waals surface area contributed by atoms with Crippen molar-refractivity contribution in [3.8, 4) is 0 Å². The molecule has 0 spiro atoms. The van der Waals surface area contributed by atoms with Gasteiger partial charge in [-0.25, -0.2) is 28.1 Å². The third-order valence-corrected chi connectivity index (χ3v) is 7.61. The fourth-order valence-electron chi connectivity index (χ4n) is 5.50. The van der Waals surface area contributed by atoms with Gasteiger partial charge in [-0.2, -0.15) is 91.0 Å². The van der Waals surface area contributed by atoms with Crippen molar-refractivity contribution < 1.29 is 33.3 Å². The number of pyridine rings is 3. The molecule has 7 rings (SSSR count). The van der Waals surface area contributed by atoms with Gasteiger partial charge in [0.15, 0.2) is 17.0 Å². The van der Waals surface area contributed by atoms with Gasteiger partial charge in [-0.1, -0.05) is 18.2 Å². The Bertz CT molecular complexity index is 1610. The van der Waals surface area contributed by atoms with Crippen molar-refractivity contribution in [2.75, 3.05) is 0 Å². The number of halogens is 3. The standard InChI is InChI=1S/C36H21F3N3.Ir/c37-34(25-13-4-1-5-14-25)28-19-10-21-30(40-28)35(38,26-15-6-2-7-16-26)32-23-12-24-33(42-32)36(39,27-17-8-3-9-18-27)31-22-11-20-29(34)41-31;/h1-13,15,17,19-24H;/q-3;+3. The van der Waals surface area contributed by atoms with Crippen molar-refractivity contribution in [3.63, 3.8) is 0 Å². The van der Waals surface area contributed by atoms with Gasteiger partial charge in [0, 0.05) is 0 Å². The van der Waals surface area contributed by atoms with Gasteiger partial charge in [0.05, 0.1) is 34.2 Å². The van der Waals surface area contributed by atoms with E-state index in [4.69, 9.17) is 0 Å². The van der Waals surface area contributed by atoms with E-state index in [-0.39, 0.29) is 71.0 Å². The first kappa shape index (κ1) is 28.7. The monoisotopic (exact) mass is 745 g/mol. The molecule has 1 aliphatic rings. The molecule has 0 saturated heterocycles. The fraction of sp³-hybridized carbons (Fsp3) is 0.0833. The minimum atomic E-state index is -2.50. The van der Waals surface area contributed by atoms with E-state index >= 15 is 13.2 Å². The average molecular weight is 745 g/mol. The van der Waals surface area contributed by atoms with Crippen LogP contribution in [0.3, 0.4) is 0 Å². The minimum Gasteiger partial charge on any atom is -0.250 e. The van der Waals surface area contributed by atoms with Crippen LogP contribution in [0.15, 0.2) is 127 Å². The Morgan fingerprint density at radius 2 is 0.628 bits per heavy atom. The first-order valence-electron chi connectivity index (χ1n) is 13.4. The largest absolute Gasteiger partial charge is 3.00 e. The molecule has 3 aromatic heterocycles. The number of benzene rings is 3. The topological polar surface area (TPSA) is 38.7 Å². The summed E-state index contributed by atoms with van der Waals surface area (Å²) in [7, 11) is 0. The quantitative estimate of drug-likeness (QED) is 0.178. The van der Waals surface area contributed by atoms with E-state index in [1.54, 1.807) is 91.0 Å². The molecule has 3 aromatic carbocycles. The Morgan fingerprint density at radius 3 is 0.837 bits per heavy atom. The van der Waals surface area contributed by atoms with E-state index in [9.17, 15) is 0 Å². The van der Waals surface area contributed by atoms with Crippen LogP contribution in [0.2, 0.25) is 0 Å². The molecule has 210 valence electrons. The van der Waals surface area contributed by atoms with E-state index < -0.39 is 17.0 Å². The Morgan fingerprint density at radius 1 is 0.372 bits per heavy atom. The summed E-state index contributed by atoms with van der Waals surface area (Å²) in [5.41, 5.74) is -7.98. The summed E-state index contributed by atoms with van der Waals surface area (Å²) >= 11 is 0. The Labute approximate surface area is 260 Å². The first-order chi connectivity index (χ1) is 20.4. The van der Waals surface area contributed by atoms with E-state index in [1.807, 2.05) is 0 Å². The summed E-state index contributed by atoms with van der Waals surface area (Å²) < 4.78 is 53.6. The maximum absolute atomic E-state index is 17.9. The average Bonchev–Trinajstić information content (AvgIpc) is 3.08. The van der Waals surface area contributed by atoms with Crippen molar-refractivity contribution in [1.82, 2.24) is 15.0 Å². The predicted molar refractivity (Wildman–Crippen MR) is 152 cm³/mol. The number of nitrogens with zero attached hydrogens (tertiary/aromatic N) is 3. The SMILES string of the molecule is FC1(c2[c-]cccc2)c2cccc(n2)C(F)(c2[c-]cccc2)c2cccc(n2)C(F)(c2[c-]cccc2)c2cccc1n2.[Ir+3]. The summed E-state index contributed by atoms with van der Waals surface area (Å²) in [6.07, 6.45) is 0. The van der Waals surface area contributed by atoms with Gasteiger partial charge in [0.1, 0.15) is 0 Å². The summed E-state index contributed by atoms with van der Waals surface area (Å²) in [6, 6.07) is 41.8. The van der Waals surface area contributed by atoms with Crippen LogP contribution in [0.4, 0.5) is 13.2 Å². The smallest absolute Gasteiger partial charge is 0.250 e. The maximum Gasteiger partial charge on any atom is 3.00 e. The Balaban J connectivity index is 0.00000329. The van der Waals surface area contributed by atoms with Crippen LogP contribution in [-0.4, -0.2) is 15.0 Å². The molecule has 0 amide bonds. The van der Waals surface area contributed by atoms with Gasteiger partial charge in [0.25, 0.3) is 0 Å². The molecule has 4 heterocycles. The number of hydrogen-bond donors (Lipinski definition) is 0. The molecule has 6 bridgehead atoms. The second-order valence-electron chi connectivity index (χ2n) is 10.0. The molecule has 7 heteroatoms. The molecule has 0 unspecified atom stereocenters. The fourth-order valence-corrected chi connectivity index (χ4v) is 5.50.